The van der Waals surface area contributed by atoms with E-state index >= 15 is 0 Å². The number of nitrogens with two attached hydrogens (primary N) is 1. The molecule has 1 aliphatic heterocycles. The third kappa shape index (κ3) is 1.35. The number of aromatic hydroxyl groups is 1. The molecule has 1 aliphatic rings. The van der Waals surface area contributed by atoms with E-state index in [9.17, 15) is 5.11 Å². The average Bonchev–Trinajstić information content (AvgIpc) is 2.06. The zero-order valence-electron chi connectivity index (χ0n) is 7.58. The Bertz CT molecular complexity index is 334. The summed E-state index contributed by atoms with van der Waals surface area (Å²) in [6, 6.07) is 5.05. The Kier molecular flexibility index (Phi) is 1.70. The van der Waals surface area contributed by atoms with Crippen LogP contribution in [0.1, 0.15) is 18.9 Å². The first-order valence-corrected chi connectivity index (χ1v) is 4.35. The van der Waals surface area contributed by atoms with Gasteiger partial charge in [-0.3, -0.25) is 0 Å². The summed E-state index contributed by atoms with van der Waals surface area (Å²) >= 11 is 0. The van der Waals surface area contributed by atoms with Crippen LogP contribution in [0.15, 0.2) is 18.2 Å². The maximum absolute atomic E-state index is 9.31. The largest absolute Gasteiger partial charge is 0.508 e. The topological polar surface area (TPSA) is 55.5 Å². The van der Waals surface area contributed by atoms with Gasteiger partial charge in [-0.25, -0.2) is 0 Å². The van der Waals surface area contributed by atoms with E-state index in [1.54, 1.807) is 18.2 Å². The predicted octanol–water partition coefficient (Wildman–Crippen LogP) is 1.35. The fourth-order valence-electron chi connectivity index (χ4n) is 1.60. The molecule has 3 nitrogen and oxygen atoms in total. The fraction of sp³-hybridized carbons (Fsp3) is 0.400. The smallest absolute Gasteiger partial charge is 0.124 e. The van der Waals surface area contributed by atoms with Gasteiger partial charge in [0.05, 0.1) is 6.61 Å². The van der Waals surface area contributed by atoms with Gasteiger partial charge >= 0.3 is 0 Å². The molecule has 3 N–H and O–H groups in total. The molecule has 0 radical (unpaired) electrons. The molecule has 0 fully saturated rings. The Balaban J connectivity index is 2.55. The van der Waals surface area contributed by atoms with Gasteiger partial charge in [0.2, 0.25) is 0 Å². The summed E-state index contributed by atoms with van der Waals surface area (Å²) < 4.78 is 5.42. The lowest BCUT2D eigenvalue weighted by atomic mass is 9.87. The molecule has 2 rings (SSSR count). The van der Waals surface area contributed by atoms with Gasteiger partial charge in [-0.05, 0) is 25.1 Å². The SMILES string of the molecule is CC1(N)CCOc2ccc(O)cc21. The van der Waals surface area contributed by atoms with Gasteiger partial charge in [-0.2, -0.15) is 0 Å². The Labute approximate surface area is 77.1 Å². The van der Waals surface area contributed by atoms with Gasteiger partial charge < -0.3 is 15.6 Å². The quantitative estimate of drug-likeness (QED) is 0.632. The van der Waals surface area contributed by atoms with Crippen molar-refractivity contribution >= 4 is 0 Å². The van der Waals surface area contributed by atoms with Crippen LogP contribution in [0.4, 0.5) is 0 Å². The minimum atomic E-state index is -0.383. The number of benzene rings is 1. The fourth-order valence-corrected chi connectivity index (χ4v) is 1.60. The van der Waals surface area contributed by atoms with Crippen molar-refractivity contribution in [2.75, 3.05) is 6.61 Å². The highest BCUT2D eigenvalue weighted by molar-refractivity contribution is 5.44. The molecule has 70 valence electrons. The summed E-state index contributed by atoms with van der Waals surface area (Å²) in [7, 11) is 0. The van der Waals surface area contributed by atoms with Crippen LogP contribution >= 0.6 is 0 Å². The highest BCUT2D eigenvalue weighted by Gasteiger charge is 2.29. The summed E-state index contributed by atoms with van der Waals surface area (Å²) in [6.45, 7) is 2.60. The average molecular weight is 179 g/mol. The van der Waals surface area contributed by atoms with Crippen molar-refractivity contribution < 1.29 is 9.84 Å². The van der Waals surface area contributed by atoms with Crippen LogP contribution in [0.25, 0.3) is 0 Å². The highest BCUT2D eigenvalue weighted by Crippen LogP contribution is 2.36. The van der Waals surface area contributed by atoms with Gasteiger partial charge in [-0.1, -0.05) is 0 Å². The van der Waals surface area contributed by atoms with Gasteiger partial charge in [0.15, 0.2) is 0 Å². The monoisotopic (exact) mass is 179 g/mol. The molecular weight excluding hydrogens is 166 g/mol. The molecule has 0 amide bonds. The molecule has 13 heavy (non-hydrogen) atoms. The zero-order chi connectivity index (χ0) is 9.47. The Hall–Kier alpha value is -1.22. The number of hydrogen-bond acceptors (Lipinski definition) is 3. The van der Waals surface area contributed by atoms with Crippen LogP contribution in [0.3, 0.4) is 0 Å². The minimum absolute atomic E-state index is 0.237. The number of rotatable bonds is 0. The number of phenolic OH excluding ortho intramolecular Hbond substituents is 1. The normalized spacial score (nSPS) is 26.3. The third-order valence-corrected chi connectivity index (χ3v) is 2.46. The molecule has 0 bridgehead atoms. The molecule has 0 aliphatic carbocycles. The van der Waals surface area contributed by atoms with Crippen molar-refractivity contribution in [2.24, 2.45) is 5.73 Å². The molecule has 1 unspecified atom stereocenters. The van der Waals surface area contributed by atoms with E-state index in [-0.39, 0.29) is 11.3 Å². The Morgan fingerprint density at radius 2 is 2.31 bits per heavy atom. The van der Waals surface area contributed by atoms with E-state index < -0.39 is 0 Å². The molecular formula is C10H13NO2. The molecule has 1 aromatic rings. The van der Waals surface area contributed by atoms with E-state index in [1.807, 2.05) is 6.92 Å². The van der Waals surface area contributed by atoms with E-state index in [0.717, 1.165) is 17.7 Å². The number of ether oxygens (including phenoxy) is 1. The molecule has 3 heteroatoms. The second-order valence-electron chi connectivity index (χ2n) is 3.70. The van der Waals surface area contributed by atoms with Crippen LogP contribution in [0, 0.1) is 0 Å². The lowest BCUT2D eigenvalue weighted by Gasteiger charge is -2.32. The Morgan fingerprint density at radius 3 is 3.08 bits per heavy atom. The maximum Gasteiger partial charge on any atom is 0.124 e. The van der Waals surface area contributed by atoms with Crippen molar-refractivity contribution in [3.05, 3.63) is 23.8 Å². The molecule has 0 saturated carbocycles. The lowest BCUT2D eigenvalue weighted by molar-refractivity contribution is 0.226. The zero-order valence-corrected chi connectivity index (χ0v) is 7.58. The van der Waals surface area contributed by atoms with Crippen molar-refractivity contribution in [1.29, 1.82) is 0 Å². The summed E-state index contributed by atoms with van der Waals surface area (Å²) in [5, 5.41) is 9.31. The Morgan fingerprint density at radius 1 is 1.54 bits per heavy atom. The molecule has 1 aromatic carbocycles. The van der Waals surface area contributed by atoms with E-state index in [0.29, 0.717) is 6.61 Å². The standard InChI is InChI=1S/C10H13NO2/c1-10(11)4-5-13-9-3-2-7(12)6-8(9)10/h2-3,6,12H,4-5,11H2,1H3. The summed E-state index contributed by atoms with van der Waals surface area (Å²) in [4.78, 5) is 0. The van der Waals surface area contributed by atoms with Crippen LogP contribution in [-0.2, 0) is 5.54 Å². The number of phenols is 1. The molecule has 1 atom stereocenters. The lowest BCUT2D eigenvalue weighted by Crippen LogP contribution is -2.38. The van der Waals surface area contributed by atoms with E-state index in [4.69, 9.17) is 10.5 Å². The summed E-state index contributed by atoms with van der Waals surface area (Å²) in [5.41, 5.74) is 6.57. The predicted molar refractivity (Wildman–Crippen MR) is 49.8 cm³/mol. The second kappa shape index (κ2) is 2.64. The van der Waals surface area contributed by atoms with Crippen molar-refractivity contribution in [3.8, 4) is 11.5 Å². The molecule has 0 aromatic heterocycles. The van der Waals surface area contributed by atoms with Crippen molar-refractivity contribution in [2.45, 2.75) is 18.9 Å². The molecule has 0 saturated heterocycles. The number of hydrogen-bond donors (Lipinski definition) is 2. The van der Waals surface area contributed by atoms with Crippen molar-refractivity contribution in [3.63, 3.8) is 0 Å². The van der Waals surface area contributed by atoms with Gasteiger partial charge in [0, 0.05) is 17.5 Å². The van der Waals surface area contributed by atoms with E-state index in [1.165, 1.54) is 0 Å². The molecule has 1 heterocycles. The number of fused-ring (bicyclic) bond motifs is 1. The minimum Gasteiger partial charge on any atom is -0.508 e. The summed E-state index contributed by atoms with van der Waals surface area (Å²) in [5.74, 6) is 1.02. The first kappa shape index (κ1) is 8.38. The highest BCUT2D eigenvalue weighted by atomic mass is 16.5. The van der Waals surface area contributed by atoms with Crippen LogP contribution < -0.4 is 10.5 Å². The maximum atomic E-state index is 9.31. The summed E-state index contributed by atoms with van der Waals surface area (Å²) in [6.07, 6.45) is 0.781. The third-order valence-electron chi connectivity index (χ3n) is 2.46. The van der Waals surface area contributed by atoms with Gasteiger partial charge in [-0.15, -0.1) is 0 Å². The molecule has 0 spiro atoms. The first-order chi connectivity index (χ1) is 6.09. The van der Waals surface area contributed by atoms with Gasteiger partial charge in [0.1, 0.15) is 11.5 Å². The van der Waals surface area contributed by atoms with Crippen LogP contribution in [0.5, 0.6) is 11.5 Å². The first-order valence-electron chi connectivity index (χ1n) is 4.35. The van der Waals surface area contributed by atoms with Crippen molar-refractivity contribution in [1.82, 2.24) is 0 Å². The van der Waals surface area contributed by atoms with E-state index in [2.05, 4.69) is 0 Å². The second-order valence-corrected chi connectivity index (χ2v) is 3.70. The van der Waals surface area contributed by atoms with Gasteiger partial charge in [0.25, 0.3) is 0 Å². The van der Waals surface area contributed by atoms with Crippen LogP contribution in [-0.4, -0.2) is 11.7 Å². The van der Waals surface area contributed by atoms with Crippen LogP contribution in [0.2, 0.25) is 0 Å².